The number of ether oxygens (including phenoxy) is 1. The van der Waals surface area contributed by atoms with Gasteiger partial charge in [0, 0.05) is 0 Å². The van der Waals surface area contributed by atoms with Crippen LogP contribution in [0.25, 0.3) is 11.2 Å². The van der Waals surface area contributed by atoms with Crippen molar-refractivity contribution in [3.63, 3.8) is 0 Å². The van der Waals surface area contributed by atoms with Crippen LogP contribution in [0.5, 0.6) is 0 Å². The summed E-state index contributed by atoms with van der Waals surface area (Å²) in [5, 5.41) is 30.6. The van der Waals surface area contributed by atoms with E-state index in [1.54, 1.807) is 4.57 Å². The second-order valence-electron chi connectivity index (χ2n) is 7.64. The Morgan fingerprint density at radius 2 is 2.12 bits per heavy atom. The minimum atomic E-state index is -1.97. The lowest BCUT2D eigenvalue weighted by Crippen LogP contribution is -2.60. The first-order valence-electron chi connectivity index (χ1n) is 9.89. The van der Waals surface area contributed by atoms with Gasteiger partial charge in [-0.1, -0.05) is 5.21 Å². The molecule has 3 aromatic heterocycles. The number of halogens is 1. The molecular formula is C17H19FN10O5. The Labute approximate surface area is 184 Å². The molecule has 15 nitrogen and oxygen atoms in total. The number of nitrogens with two attached hydrogens (primary N) is 1. The van der Waals surface area contributed by atoms with Gasteiger partial charge in [0.25, 0.3) is 5.91 Å². The highest BCUT2D eigenvalue weighted by Crippen LogP contribution is 2.33. The number of aromatic nitrogens is 7. The van der Waals surface area contributed by atoms with Gasteiger partial charge in [-0.25, -0.2) is 28.8 Å². The van der Waals surface area contributed by atoms with Crippen LogP contribution >= 0.6 is 0 Å². The summed E-state index contributed by atoms with van der Waals surface area (Å²) < 4.78 is 22.5. The molecule has 0 radical (unpaired) electrons. The van der Waals surface area contributed by atoms with E-state index in [1.165, 1.54) is 23.5 Å². The first-order valence-corrected chi connectivity index (χ1v) is 9.89. The highest BCUT2D eigenvalue weighted by molar-refractivity contribution is 5.99. The van der Waals surface area contributed by atoms with E-state index in [9.17, 15) is 24.2 Å². The van der Waals surface area contributed by atoms with Crippen molar-refractivity contribution < 1.29 is 28.9 Å². The lowest BCUT2D eigenvalue weighted by molar-refractivity contribution is -0.132. The van der Waals surface area contributed by atoms with Crippen molar-refractivity contribution >= 4 is 28.9 Å². The smallest absolute Gasteiger partial charge is 0.326 e. The summed E-state index contributed by atoms with van der Waals surface area (Å²) in [6.45, 7) is -0.869. The van der Waals surface area contributed by atoms with Gasteiger partial charge in [0.1, 0.15) is 35.8 Å². The minimum Gasteiger partial charge on any atom is -0.394 e. The second-order valence-corrected chi connectivity index (χ2v) is 7.64. The Hall–Kier alpha value is -3.76. The summed E-state index contributed by atoms with van der Waals surface area (Å²) in [5.74, 6) is -0.816. The number of amides is 3. The highest BCUT2D eigenvalue weighted by Gasteiger charge is 2.51. The first kappa shape index (κ1) is 21.1. The number of hydrogen-bond acceptors (Lipinski definition) is 11. The number of carbonyl (C=O) groups is 2. The van der Waals surface area contributed by atoms with E-state index >= 15 is 0 Å². The number of nitrogen functional groups attached to an aromatic ring is 1. The van der Waals surface area contributed by atoms with Crippen LogP contribution in [0.4, 0.5) is 15.0 Å². The number of urea groups is 1. The van der Waals surface area contributed by atoms with E-state index < -0.39 is 55.7 Å². The number of carbonyl (C=O) groups excluding carboxylic acids is 2. The Kier molecular flexibility index (Phi) is 5.10. The molecule has 5 rings (SSSR count). The van der Waals surface area contributed by atoms with Crippen molar-refractivity contribution in [2.45, 2.75) is 37.2 Å². The summed E-state index contributed by atoms with van der Waals surface area (Å²) >= 11 is 0. The van der Waals surface area contributed by atoms with Crippen LogP contribution in [0, 0.1) is 0 Å². The van der Waals surface area contributed by atoms with Crippen molar-refractivity contribution in [2.24, 2.45) is 0 Å². The molecule has 16 heteroatoms. The van der Waals surface area contributed by atoms with Gasteiger partial charge >= 0.3 is 6.03 Å². The quantitative estimate of drug-likeness (QED) is 0.314. The fourth-order valence-corrected chi connectivity index (χ4v) is 4.00. The minimum absolute atomic E-state index is 0.226. The van der Waals surface area contributed by atoms with E-state index in [2.05, 4.69) is 25.3 Å². The average molecular weight is 462 g/mol. The SMILES string of the molecule is Nc1ncnc2c1ncn2Cc1cn([C@@H]2C(O)[C@H](N3CC(F)C(=O)NC3=O)O[C@@H]2CO)nn1. The lowest BCUT2D eigenvalue weighted by Gasteiger charge is -2.34. The summed E-state index contributed by atoms with van der Waals surface area (Å²) in [4.78, 5) is 36.6. The zero-order chi connectivity index (χ0) is 23.3. The number of anilines is 1. The van der Waals surface area contributed by atoms with Gasteiger partial charge in [0.05, 0.1) is 32.2 Å². The molecule has 33 heavy (non-hydrogen) atoms. The molecule has 2 aliphatic rings. The average Bonchev–Trinajstić information content (AvgIpc) is 3.49. The molecule has 174 valence electrons. The van der Waals surface area contributed by atoms with Gasteiger partial charge in [-0.3, -0.25) is 15.0 Å². The van der Waals surface area contributed by atoms with Crippen LogP contribution in [0.15, 0.2) is 18.9 Å². The van der Waals surface area contributed by atoms with Crippen molar-refractivity contribution in [3.8, 4) is 0 Å². The Bertz CT molecular complexity index is 1220. The maximum absolute atomic E-state index is 13.9. The van der Waals surface area contributed by atoms with Gasteiger partial charge < -0.3 is 25.3 Å². The highest BCUT2D eigenvalue weighted by atomic mass is 19.1. The number of imidazole rings is 1. The molecule has 5 N–H and O–H groups in total. The third-order valence-electron chi connectivity index (χ3n) is 5.58. The van der Waals surface area contributed by atoms with Crippen LogP contribution in [-0.2, 0) is 16.1 Å². The summed E-state index contributed by atoms with van der Waals surface area (Å²) in [5.41, 5.74) is 7.22. The predicted octanol–water partition coefficient (Wildman–Crippen LogP) is -2.44. The molecule has 0 saturated carbocycles. The van der Waals surface area contributed by atoms with Gasteiger partial charge in [0.15, 0.2) is 23.9 Å². The Balaban J connectivity index is 1.37. The number of hydrogen-bond donors (Lipinski definition) is 4. The number of aliphatic hydroxyl groups is 2. The summed E-state index contributed by atoms with van der Waals surface area (Å²) in [7, 11) is 0. The largest absolute Gasteiger partial charge is 0.394 e. The summed E-state index contributed by atoms with van der Waals surface area (Å²) in [6, 6.07) is -1.83. The third kappa shape index (κ3) is 3.53. The molecule has 0 aromatic carbocycles. The van der Waals surface area contributed by atoms with Gasteiger partial charge in [0.2, 0.25) is 0 Å². The van der Waals surface area contributed by atoms with E-state index in [0.717, 1.165) is 4.90 Å². The number of nitrogens with one attached hydrogen (secondary N) is 1. The second kappa shape index (κ2) is 7.98. The molecule has 5 heterocycles. The number of rotatable bonds is 5. The van der Waals surface area contributed by atoms with Crippen LogP contribution in [0.2, 0.25) is 0 Å². The Morgan fingerprint density at radius 1 is 1.30 bits per heavy atom. The fraction of sp³-hybridized carbons (Fsp3) is 0.471. The third-order valence-corrected chi connectivity index (χ3v) is 5.58. The van der Waals surface area contributed by atoms with Crippen molar-refractivity contribution in [2.75, 3.05) is 18.9 Å². The zero-order valence-corrected chi connectivity index (χ0v) is 16.9. The molecule has 0 spiro atoms. The first-order chi connectivity index (χ1) is 15.9. The van der Waals surface area contributed by atoms with Gasteiger partial charge in [-0.2, -0.15) is 0 Å². The monoisotopic (exact) mass is 462 g/mol. The van der Waals surface area contributed by atoms with Crippen LogP contribution in [0.1, 0.15) is 11.7 Å². The number of fused-ring (bicyclic) bond motifs is 1. The van der Waals surface area contributed by atoms with Crippen LogP contribution in [-0.4, -0.2) is 99.3 Å². The fourth-order valence-electron chi connectivity index (χ4n) is 4.00. The molecule has 3 aromatic rings. The van der Waals surface area contributed by atoms with Crippen molar-refractivity contribution in [1.82, 2.24) is 44.7 Å². The molecule has 3 amide bonds. The van der Waals surface area contributed by atoms with Crippen molar-refractivity contribution in [3.05, 3.63) is 24.5 Å². The van der Waals surface area contributed by atoms with Crippen LogP contribution < -0.4 is 11.1 Å². The van der Waals surface area contributed by atoms with E-state index in [-0.39, 0.29) is 12.4 Å². The molecule has 0 aliphatic carbocycles. The van der Waals surface area contributed by atoms with Crippen LogP contribution in [0.3, 0.4) is 0 Å². The van der Waals surface area contributed by atoms with E-state index in [4.69, 9.17) is 10.5 Å². The van der Waals surface area contributed by atoms with Crippen molar-refractivity contribution in [1.29, 1.82) is 0 Å². The topological polar surface area (TPSA) is 199 Å². The summed E-state index contributed by atoms with van der Waals surface area (Å²) in [6.07, 6.45) is -1.24. The number of imide groups is 1. The standard InChI is InChI=1S/C17H19FN10O5/c18-8-3-27(17(32)23-15(8)31)16-12(30)11(9(4-29)33-16)28-2-7(24-25-28)1-26-6-22-10-13(19)20-5-21-14(10)26/h2,5-6,8-9,11-12,16,29-30H,1,3-4H2,(H2,19,20,21)(H,23,31,32)/t8?,9-,11+,12?,16-/m1/s1. The molecule has 0 bridgehead atoms. The van der Waals surface area contributed by atoms with Gasteiger partial charge in [-0.05, 0) is 0 Å². The molecular weight excluding hydrogens is 443 g/mol. The normalized spacial score (nSPS) is 28.0. The maximum Gasteiger partial charge on any atom is 0.326 e. The molecule has 2 aliphatic heterocycles. The number of aliphatic hydroxyl groups excluding tert-OH is 2. The number of alkyl halides is 1. The Morgan fingerprint density at radius 3 is 2.91 bits per heavy atom. The molecule has 5 atom stereocenters. The maximum atomic E-state index is 13.9. The predicted molar refractivity (Wildman–Crippen MR) is 105 cm³/mol. The molecule has 2 saturated heterocycles. The lowest BCUT2D eigenvalue weighted by atomic mass is 10.1. The number of nitrogens with zero attached hydrogens (tertiary/aromatic N) is 8. The van der Waals surface area contributed by atoms with E-state index in [1.807, 2.05) is 5.32 Å². The molecule has 2 fully saturated rings. The van der Waals surface area contributed by atoms with E-state index in [0.29, 0.717) is 16.9 Å². The van der Waals surface area contributed by atoms with Gasteiger partial charge in [-0.15, -0.1) is 5.10 Å². The molecule has 2 unspecified atom stereocenters. The zero-order valence-electron chi connectivity index (χ0n) is 16.9.